The van der Waals surface area contributed by atoms with Crippen LogP contribution >= 0.6 is 0 Å². The summed E-state index contributed by atoms with van der Waals surface area (Å²) in [5.74, 6) is -5.23. The molecule has 5 rings (SSSR count). The number of benzene rings is 2. The fraction of sp³-hybridized carbons (Fsp3) is 0.581. The monoisotopic (exact) mass is 793 g/mol. The number of rotatable bonds is 18. The molecule has 7 atom stereocenters. The number of allylic oxidation sites excluding steroid dienone is 1. The van der Waals surface area contributed by atoms with Gasteiger partial charge in [-0.15, -0.1) is 6.58 Å². The van der Waals surface area contributed by atoms with Gasteiger partial charge in [0.25, 0.3) is 5.91 Å². The van der Waals surface area contributed by atoms with E-state index in [4.69, 9.17) is 28.8 Å². The van der Waals surface area contributed by atoms with E-state index in [0.29, 0.717) is 42.5 Å². The van der Waals surface area contributed by atoms with E-state index in [2.05, 4.69) is 29.6 Å². The Morgan fingerprint density at radius 3 is 2.32 bits per heavy atom. The molecule has 1 aliphatic heterocycles. The zero-order valence-electron chi connectivity index (χ0n) is 33.5. The minimum Gasteiger partial charge on any atom is -0.461 e. The molecule has 2 aromatic carbocycles. The number of amides is 3. The van der Waals surface area contributed by atoms with Crippen LogP contribution in [0.3, 0.4) is 0 Å². The van der Waals surface area contributed by atoms with Crippen molar-refractivity contribution in [3.63, 3.8) is 0 Å². The summed E-state index contributed by atoms with van der Waals surface area (Å²) >= 11 is 0. The van der Waals surface area contributed by atoms with E-state index < -0.39 is 59.6 Å². The third-order valence-corrected chi connectivity index (χ3v) is 10.9. The Labute approximate surface area is 335 Å². The van der Waals surface area contributed by atoms with Crippen LogP contribution in [0.2, 0.25) is 0 Å². The second-order valence-corrected chi connectivity index (χ2v) is 15.9. The maximum Gasteiger partial charge on any atom is 0.411 e. The van der Waals surface area contributed by atoms with E-state index >= 15 is 0 Å². The van der Waals surface area contributed by atoms with Gasteiger partial charge < -0.3 is 24.6 Å². The molecule has 1 saturated heterocycles. The third kappa shape index (κ3) is 12.1. The maximum absolute atomic E-state index is 13.6. The summed E-state index contributed by atoms with van der Waals surface area (Å²) < 4.78 is 17.9. The lowest BCUT2D eigenvalue weighted by Crippen LogP contribution is -2.48. The van der Waals surface area contributed by atoms with Gasteiger partial charge in [0, 0.05) is 24.4 Å². The smallest absolute Gasteiger partial charge is 0.411 e. The van der Waals surface area contributed by atoms with Crippen LogP contribution in [0.5, 0.6) is 0 Å². The zero-order chi connectivity index (χ0) is 41.0. The number of carbonyl (C=O) groups excluding carboxylic acids is 4. The van der Waals surface area contributed by atoms with E-state index in [-0.39, 0.29) is 31.0 Å². The van der Waals surface area contributed by atoms with Crippen LogP contribution in [0.25, 0.3) is 0 Å². The van der Waals surface area contributed by atoms with Crippen molar-refractivity contribution in [2.75, 3.05) is 5.32 Å². The minimum absolute atomic E-state index is 0.0594. The average Bonchev–Trinajstić information content (AvgIpc) is 3.82. The zero-order valence-corrected chi connectivity index (χ0v) is 33.5. The lowest BCUT2D eigenvalue weighted by Gasteiger charge is -2.36. The van der Waals surface area contributed by atoms with Crippen LogP contribution < -0.4 is 16.1 Å². The lowest BCUT2D eigenvalue weighted by atomic mass is 9.89. The highest BCUT2D eigenvalue weighted by atomic mass is 17.3. The second kappa shape index (κ2) is 20.4. The van der Waals surface area contributed by atoms with Gasteiger partial charge in [-0.1, -0.05) is 69.3 Å². The van der Waals surface area contributed by atoms with Crippen molar-refractivity contribution in [1.29, 1.82) is 0 Å². The molecule has 0 aromatic heterocycles. The number of esters is 1. The van der Waals surface area contributed by atoms with Crippen LogP contribution in [0, 0.1) is 17.8 Å². The van der Waals surface area contributed by atoms with Crippen molar-refractivity contribution in [3.05, 3.63) is 78.4 Å². The van der Waals surface area contributed by atoms with E-state index in [1.54, 1.807) is 54.6 Å². The molecule has 14 nitrogen and oxygen atoms in total. The highest BCUT2D eigenvalue weighted by molar-refractivity contribution is 5.91. The van der Waals surface area contributed by atoms with Crippen LogP contribution in [0.4, 0.5) is 10.5 Å². The molecule has 1 spiro atoms. The van der Waals surface area contributed by atoms with Gasteiger partial charge in [-0.05, 0) is 93.9 Å². The van der Waals surface area contributed by atoms with Crippen LogP contribution in [-0.2, 0) is 49.8 Å². The van der Waals surface area contributed by atoms with Crippen molar-refractivity contribution in [2.24, 2.45) is 17.8 Å². The summed E-state index contributed by atoms with van der Waals surface area (Å²) in [4.78, 5) is 69.7. The Balaban J connectivity index is 1.09. The first kappa shape index (κ1) is 43.8. The molecule has 2 aromatic rings. The lowest BCUT2D eigenvalue weighted by molar-refractivity contribution is -0.361. The van der Waals surface area contributed by atoms with Crippen molar-refractivity contribution in [1.82, 2.24) is 10.8 Å². The van der Waals surface area contributed by atoms with Gasteiger partial charge in [0.1, 0.15) is 18.3 Å². The minimum atomic E-state index is -1.76. The van der Waals surface area contributed by atoms with Crippen molar-refractivity contribution < 1.29 is 53.1 Å². The topological polar surface area (TPSA) is 180 Å². The first-order chi connectivity index (χ1) is 27.3. The highest BCUT2D eigenvalue weighted by Crippen LogP contribution is 2.47. The molecule has 57 heavy (non-hydrogen) atoms. The number of hydrogen-bond donors (Lipinski definition) is 4. The molecule has 3 fully saturated rings. The molecular weight excluding hydrogens is 734 g/mol. The molecule has 14 heteroatoms. The fourth-order valence-corrected chi connectivity index (χ4v) is 7.80. The van der Waals surface area contributed by atoms with Gasteiger partial charge in [0.2, 0.25) is 17.5 Å². The molecule has 0 bridgehead atoms. The molecule has 0 radical (unpaired) electrons. The second-order valence-electron chi connectivity index (χ2n) is 15.9. The molecule has 2 saturated carbocycles. The maximum atomic E-state index is 13.6. The van der Waals surface area contributed by atoms with Crippen molar-refractivity contribution in [3.8, 4) is 0 Å². The number of aliphatic hydroxyl groups is 1. The Morgan fingerprint density at radius 2 is 1.65 bits per heavy atom. The molecule has 1 heterocycles. The van der Waals surface area contributed by atoms with E-state index in [9.17, 15) is 24.3 Å². The van der Waals surface area contributed by atoms with E-state index in [1.165, 1.54) is 0 Å². The molecular formula is C43H59N3O11. The third-order valence-electron chi connectivity index (χ3n) is 10.9. The highest BCUT2D eigenvalue weighted by Gasteiger charge is 2.55. The summed E-state index contributed by atoms with van der Waals surface area (Å²) in [5.41, 5.74) is 3.92. The molecule has 312 valence electrons. The number of ether oxygens (including phenoxy) is 3. The summed E-state index contributed by atoms with van der Waals surface area (Å²) in [5, 5.41) is 16.6. The number of hydrogen-bond acceptors (Lipinski definition) is 11. The van der Waals surface area contributed by atoms with Crippen LogP contribution in [0.1, 0.15) is 115 Å². The number of nitrogens with one attached hydrogen (secondary N) is 3. The summed E-state index contributed by atoms with van der Waals surface area (Å²) in [6.45, 7) is 11.4. The SMILES string of the molecule is C=CCC(CC)[C@@]1(C)OO[C@@]2(CCCC(OC(=O)Nc3ccc(CONC(=O)[C@@H](O)[C@@H](CC(C)C)C(=O)N[C@H](C(=O)OC4CCCC4)c4ccccc4)cc3)C2)O1. The van der Waals surface area contributed by atoms with Gasteiger partial charge in [0.15, 0.2) is 6.04 Å². The first-order valence-corrected chi connectivity index (χ1v) is 20.2. The molecule has 2 unspecified atom stereocenters. The molecule has 3 aliphatic rings. The fourth-order valence-electron chi connectivity index (χ4n) is 7.80. The number of aliphatic hydroxyl groups excluding tert-OH is 1. The average molecular weight is 794 g/mol. The largest absolute Gasteiger partial charge is 0.461 e. The van der Waals surface area contributed by atoms with Crippen LogP contribution in [0.15, 0.2) is 67.3 Å². The molecule has 2 aliphatic carbocycles. The normalized spacial score (nSPS) is 24.3. The van der Waals surface area contributed by atoms with Gasteiger partial charge in [0.05, 0.1) is 12.5 Å². The van der Waals surface area contributed by atoms with Crippen molar-refractivity contribution in [2.45, 2.75) is 141 Å². The summed E-state index contributed by atoms with van der Waals surface area (Å²) in [7, 11) is 0. The van der Waals surface area contributed by atoms with Gasteiger partial charge in [-0.25, -0.2) is 15.1 Å². The molecule has 3 amide bonds. The van der Waals surface area contributed by atoms with E-state index in [0.717, 1.165) is 38.5 Å². The Hall–Kier alpha value is -4.34. The summed E-state index contributed by atoms with van der Waals surface area (Å²) in [6.07, 6.45) is 6.36. The van der Waals surface area contributed by atoms with Crippen molar-refractivity contribution >= 4 is 29.6 Å². The molecule has 4 N–H and O–H groups in total. The quantitative estimate of drug-likeness (QED) is 0.0524. The Bertz CT molecular complexity index is 1650. The first-order valence-electron chi connectivity index (χ1n) is 20.2. The van der Waals surface area contributed by atoms with Gasteiger partial charge in [-0.2, -0.15) is 9.78 Å². The van der Waals surface area contributed by atoms with Gasteiger partial charge in [-0.3, -0.25) is 19.7 Å². The van der Waals surface area contributed by atoms with E-state index in [1.807, 2.05) is 26.8 Å². The van der Waals surface area contributed by atoms with Gasteiger partial charge >= 0.3 is 12.1 Å². The number of anilines is 1. The Kier molecular flexibility index (Phi) is 15.7. The summed E-state index contributed by atoms with van der Waals surface area (Å²) in [6, 6.07) is 14.4. The predicted molar refractivity (Wildman–Crippen MR) is 209 cm³/mol. The predicted octanol–water partition coefficient (Wildman–Crippen LogP) is 7.09. The standard InChI is InChI=1S/C43H59N3O11/c1-6-14-31(7-2)42(5)55-43(57-56-42)24-13-19-34(26-43)54-41(51)44-32-22-20-29(21-23-32)27-52-46-39(49)37(47)35(25-28(3)4)38(48)45-36(30-15-9-8-10-16-30)40(50)53-33-17-11-12-18-33/h6,8-10,15-16,20-23,28,31,33-37,47H,1,7,11-14,17-19,24-27H2,2-5H3,(H,44,51)(H,45,48)(H,46,49)/t31?,34?,35-,36+,37+,42-,43-/m1/s1. The number of carbonyl (C=O) groups is 4. The number of hydroxylamine groups is 1. The van der Waals surface area contributed by atoms with Crippen LogP contribution in [-0.4, -0.2) is 58.9 Å². The Morgan fingerprint density at radius 1 is 0.947 bits per heavy atom.